The van der Waals surface area contributed by atoms with E-state index in [1.54, 1.807) is 37.3 Å². The Morgan fingerprint density at radius 2 is 1.97 bits per heavy atom. The van der Waals surface area contributed by atoms with Gasteiger partial charge in [0.15, 0.2) is 12.4 Å². The van der Waals surface area contributed by atoms with Gasteiger partial charge in [0.25, 0.3) is 5.89 Å². The van der Waals surface area contributed by atoms with E-state index in [9.17, 15) is 9.18 Å². The Morgan fingerprint density at radius 3 is 2.69 bits per heavy atom. The molecule has 168 valence electrons. The molecule has 1 N–H and O–H groups in total. The first-order valence-electron chi connectivity index (χ1n) is 10.4. The highest BCUT2D eigenvalue weighted by molar-refractivity contribution is 9.10. The van der Waals surface area contributed by atoms with Crippen LogP contribution in [0.3, 0.4) is 0 Å². The van der Waals surface area contributed by atoms with Gasteiger partial charge in [-0.25, -0.2) is 9.18 Å². The lowest BCUT2D eigenvalue weighted by molar-refractivity contribution is -0.145. The van der Waals surface area contributed by atoms with Crippen molar-refractivity contribution < 1.29 is 23.2 Å². The third-order valence-corrected chi connectivity index (χ3v) is 6.02. The van der Waals surface area contributed by atoms with Crippen molar-refractivity contribution in [3.63, 3.8) is 0 Å². The van der Waals surface area contributed by atoms with E-state index in [2.05, 4.69) is 26.4 Å². The first-order valence-corrected chi connectivity index (χ1v) is 11.2. The Morgan fingerprint density at radius 1 is 1.22 bits per heavy atom. The number of hydrogen-bond donors (Lipinski definition) is 1. The third-order valence-electron chi connectivity index (χ3n) is 5.53. The van der Waals surface area contributed by atoms with E-state index >= 15 is 0 Å². The Kier molecular flexibility index (Phi) is 6.86. The summed E-state index contributed by atoms with van der Waals surface area (Å²) in [6.45, 7) is 3.36. The molecule has 2 heterocycles. The fraction of sp³-hybridized carbons (Fsp3) is 0.348. The molecule has 0 saturated carbocycles. The molecule has 1 aliphatic rings. The van der Waals surface area contributed by atoms with E-state index in [0.717, 1.165) is 36.0 Å². The maximum atomic E-state index is 13.6. The minimum atomic E-state index is -0.487. The van der Waals surface area contributed by atoms with Gasteiger partial charge in [-0.2, -0.15) is 4.98 Å². The van der Waals surface area contributed by atoms with Crippen molar-refractivity contribution in [2.24, 2.45) is 0 Å². The van der Waals surface area contributed by atoms with Crippen LogP contribution in [0.25, 0.3) is 11.5 Å². The molecule has 32 heavy (non-hydrogen) atoms. The molecule has 7 nitrogen and oxygen atoms in total. The summed E-state index contributed by atoms with van der Waals surface area (Å²) in [5.41, 5.74) is 1.02. The summed E-state index contributed by atoms with van der Waals surface area (Å²) in [4.78, 5) is 16.4. The number of carbonyl (C=O) groups is 1. The van der Waals surface area contributed by atoms with Crippen LogP contribution in [0, 0.1) is 5.82 Å². The lowest BCUT2D eigenvalue weighted by atomic mass is 9.72. The first-order chi connectivity index (χ1) is 15.5. The SMILES string of the molecule is CCOC(=O)COc1ccc(Br)cc1-c1nc(C2(c3ccc(F)cc3)CCNCC2)no1. The number of nitrogens with one attached hydrogen (secondary N) is 1. The van der Waals surface area contributed by atoms with Crippen LogP contribution < -0.4 is 10.1 Å². The number of piperidine rings is 1. The zero-order valence-electron chi connectivity index (χ0n) is 17.6. The van der Waals surface area contributed by atoms with Gasteiger partial charge in [-0.05, 0) is 68.8 Å². The van der Waals surface area contributed by atoms with E-state index in [0.29, 0.717) is 17.1 Å². The van der Waals surface area contributed by atoms with Crippen LogP contribution >= 0.6 is 15.9 Å². The average molecular weight is 504 g/mol. The smallest absolute Gasteiger partial charge is 0.344 e. The lowest BCUT2D eigenvalue weighted by Gasteiger charge is -2.35. The number of halogens is 2. The molecule has 1 aliphatic heterocycles. The topological polar surface area (TPSA) is 86.5 Å². The van der Waals surface area contributed by atoms with Gasteiger partial charge in [0, 0.05) is 4.47 Å². The molecule has 1 fully saturated rings. The maximum absolute atomic E-state index is 13.6. The second-order valence-corrected chi connectivity index (χ2v) is 8.41. The van der Waals surface area contributed by atoms with Gasteiger partial charge in [0.05, 0.1) is 17.6 Å². The van der Waals surface area contributed by atoms with E-state index in [-0.39, 0.29) is 24.9 Å². The summed E-state index contributed by atoms with van der Waals surface area (Å²) in [6, 6.07) is 11.8. The van der Waals surface area contributed by atoms with Crippen LogP contribution in [0.5, 0.6) is 5.75 Å². The Labute approximate surface area is 193 Å². The monoisotopic (exact) mass is 503 g/mol. The molecule has 9 heteroatoms. The van der Waals surface area contributed by atoms with Crippen LogP contribution in [-0.2, 0) is 14.9 Å². The fourth-order valence-corrected chi connectivity index (χ4v) is 4.29. The standard InChI is InChI=1S/C23H23BrFN3O4/c1-2-30-20(29)14-31-19-8-5-16(24)13-18(19)21-27-22(28-32-21)23(9-11-26-12-10-23)15-3-6-17(25)7-4-15/h3-8,13,26H,2,9-12,14H2,1H3. The molecule has 3 aromatic rings. The van der Waals surface area contributed by atoms with Gasteiger partial charge < -0.3 is 19.3 Å². The molecule has 0 amide bonds. The number of esters is 1. The summed E-state index contributed by atoms with van der Waals surface area (Å²) in [7, 11) is 0. The summed E-state index contributed by atoms with van der Waals surface area (Å²) >= 11 is 3.46. The number of hydrogen-bond acceptors (Lipinski definition) is 7. The Bertz CT molecular complexity index is 1080. The quantitative estimate of drug-likeness (QED) is 0.482. The molecule has 0 bridgehead atoms. The minimum absolute atomic E-state index is 0.228. The van der Waals surface area contributed by atoms with Crippen molar-refractivity contribution in [3.8, 4) is 17.2 Å². The van der Waals surface area contributed by atoms with Gasteiger partial charge in [-0.3, -0.25) is 0 Å². The predicted octanol–water partition coefficient (Wildman–Crippen LogP) is 4.25. The van der Waals surface area contributed by atoms with Crippen LogP contribution in [0.15, 0.2) is 51.5 Å². The number of carbonyl (C=O) groups excluding carboxylic acids is 1. The predicted molar refractivity (Wildman–Crippen MR) is 119 cm³/mol. The van der Waals surface area contributed by atoms with Gasteiger partial charge in [-0.15, -0.1) is 0 Å². The van der Waals surface area contributed by atoms with Crippen molar-refractivity contribution in [2.75, 3.05) is 26.3 Å². The van der Waals surface area contributed by atoms with Crippen molar-refractivity contribution in [1.82, 2.24) is 15.5 Å². The molecule has 0 spiro atoms. The summed E-state index contributed by atoms with van der Waals surface area (Å²) in [5.74, 6) is 0.497. The third kappa shape index (κ3) is 4.68. The van der Waals surface area contributed by atoms with E-state index in [4.69, 9.17) is 19.0 Å². The minimum Gasteiger partial charge on any atom is -0.481 e. The van der Waals surface area contributed by atoms with Crippen molar-refractivity contribution >= 4 is 21.9 Å². The zero-order chi connectivity index (χ0) is 22.6. The Balaban J connectivity index is 1.69. The second-order valence-electron chi connectivity index (χ2n) is 7.50. The number of benzene rings is 2. The van der Waals surface area contributed by atoms with Gasteiger partial charge in [0.2, 0.25) is 0 Å². The summed E-state index contributed by atoms with van der Waals surface area (Å²) in [5, 5.41) is 7.67. The molecule has 4 rings (SSSR count). The molecular formula is C23H23BrFN3O4. The first kappa shape index (κ1) is 22.4. The average Bonchev–Trinajstić information content (AvgIpc) is 3.30. The second kappa shape index (κ2) is 9.79. The summed E-state index contributed by atoms with van der Waals surface area (Å²) < 4.78 is 30.6. The number of rotatable bonds is 7. The number of aromatic nitrogens is 2. The van der Waals surface area contributed by atoms with E-state index < -0.39 is 11.4 Å². The lowest BCUT2D eigenvalue weighted by Crippen LogP contribution is -2.41. The van der Waals surface area contributed by atoms with Gasteiger partial charge in [-0.1, -0.05) is 33.2 Å². The zero-order valence-corrected chi connectivity index (χ0v) is 19.2. The van der Waals surface area contributed by atoms with Crippen molar-refractivity contribution in [2.45, 2.75) is 25.2 Å². The largest absolute Gasteiger partial charge is 0.481 e. The van der Waals surface area contributed by atoms with Crippen molar-refractivity contribution in [1.29, 1.82) is 0 Å². The van der Waals surface area contributed by atoms with Gasteiger partial charge in [0.1, 0.15) is 11.6 Å². The molecule has 0 aliphatic carbocycles. The number of ether oxygens (including phenoxy) is 2. The van der Waals surface area contributed by atoms with Gasteiger partial charge >= 0.3 is 5.97 Å². The van der Waals surface area contributed by atoms with Crippen LogP contribution in [0.4, 0.5) is 4.39 Å². The van der Waals surface area contributed by atoms with E-state index in [1.807, 2.05) is 0 Å². The summed E-state index contributed by atoms with van der Waals surface area (Å²) in [6.07, 6.45) is 1.50. The fourth-order valence-electron chi connectivity index (χ4n) is 3.93. The molecule has 0 radical (unpaired) electrons. The molecular weight excluding hydrogens is 481 g/mol. The highest BCUT2D eigenvalue weighted by Crippen LogP contribution is 2.40. The highest BCUT2D eigenvalue weighted by Gasteiger charge is 2.40. The van der Waals surface area contributed by atoms with E-state index in [1.165, 1.54) is 12.1 Å². The molecule has 0 atom stereocenters. The van der Waals surface area contributed by atoms with Crippen LogP contribution in [0.1, 0.15) is 31.2 Å². The van der Waals surface area contributed by atoms with Crippen LogP contribution in [-0.4, -0.2) is 42.4 Å². The Hall–Kier alpha value is -2.78. The molecule has 2 aromatic carbocycles. The molecule has 1 saturated heterocycles. The number of nitrogens with zero attached hydrogens (tertiary/aromatic N) is 2. The van der Waals surface area contributed by atoms with Crippen molar-refractivity contribution in [3.05, 3.63) is 64.1 Å². The molecule has 1 aromatic heterocycles. The molecule has 0 unspecified atom stereocenters. The normalized spacial score (nSPS) is 15.3. The van der Waals surface area contributed by atoms with Crippen LogP contribution in [0.2, 0.25) is 0 Å². The highest BCUT2D eigenvalue weighted by atomic mass is 79.9. The maximum Gasteiger partial charge on any atom is 0.344 e.